The van der Waals surface area contributed by atoms with Gasteiger partial charge in [-0.25, -0.2) is 8.78 Å². The predicted molar refractivity (Wildman–Crippen MR) is 70.9 cm³/mol. The first-order valence-electron chi connectivity index (χ1n) is 6.27. The first-order valence-corrected chi connectivity index (χ1v) is 6.64. The van der Waals surface area contributed by atoms with Gasteiger partial charge in [0.1, 0.15) is 0 Å². The summed E-state index contributed by atoms with van der Waals surface area (Å²) in [7, 11) is 1.23. The van der Waals surface area contributed by atoms with Crippen molar-refractivity contribution in [2.45, 2.75) is 6.42 Å². The first-order chi connectivity index (χ1) is 9.13. The topological polar surface area (TPSA) is 24.5 Å². The molecule has 1 aliphatic rings. The zero-order valence-corrected chi connectivity index (χ0v) is 11.6. The van der Waals surface area contributed by atoms with Crippen LogP contribution in [0.2, 0.25) is 5.02 Å². The zero-order chi connectivity index (χ0) is 13.8. The van der Waals surface area contributed by atoms with Gasteiger partial charge in [0.2, 0.25) is 0 Å². The van der Waals surface area contributed by atoms with Crippen molar-refractivity contribution in [2.24, 2.45) is 0 Å². The van der Waals surface area contributed by atoms with Crippen molar-refractivity contribution >= 4 is 11.6 Å². The molecule has 0 amide bonds. The van der Waals surface area contributed by atoms with Gasteiger partial charge in [-0.2, -0.15) is 0 Å². The fraction of sp³-hybridized carbons (Fsp3) is 0.538. The van der Waals surface area contributed by atoms with Crippen molar-refractivity contribution in [3.05, 3.63) is 28.3 Å². The van der Waals surface area contributed by atoms with Gasteiger partial charge in [0.15, 0.2) is 17.4 Å². The molecule has 1 aliphatic heterocycles. The molecule has 6 heteroatoms. The SMILES string of the molecule is COc1c(F)c(Cl)cc(CCN2CCNCC2)c1F. The van der Waals surface area contributed by atoms with Crippen molar-refractivity contribution in [3.63, 3.8) is 0 Å². The van der Waals surface area contributed by atoms with Crippen LogP contribution in [-0.2, 0) is 6.42 Å². The van der Waals surface area contributed by atoms with Gasteiger partial charge in [-0.15, -0.1) is 0 Å². The Bertz CT molecular complexity index is 451. The van der Waals surface area contributed by atoms with Crippen molar-refractivity contribution in [1.29, 1.82) is 0 Å². The molecule has 19 heavy (non-hydrogen) atoms. The van der Waals surface area contributed by atoms with Gasteiger partial charge in [0.25, 0.3) is 0 Å². The van der Waals surface area contributed by atoms with E-state index in [4.69, 9.17) is 16.3 Å². The molecule has 0 bridgehead atoms. The van der Waals surface area contributed by atoms with Crippen molar-refractivity contribution in [3.8, 4) is 5.75 Å². The van der Waals surface area contributed by atoms with Gasteiger partial charge in [0, 0.05) is 32.7 Å². The summed E-state index contributed by atoms with van der Waals surface area (Å²) < 4.78 is 32.3. The number of rotatable bonds is 4. The molecule has 1 aromatic carbocycles. The van der Waals surface area contributed by atoms with E-state index in [-0.39, 0.29) is 5.02 Å². The molecule has 1 fully saturated rings. The minimum absolute atomic E-state index is 0.103. The van der Waals surface area contributed by atoms with Crippen LogP contribution < -0.4 is 10.1 Å². The molecule has 2 rings (SSSR count). The fourth-order valence-corrected chi connectivity index (χ4v) is 2.42. The molecule has 0 aliphatic carbocycles. The third-order valence-electron chi connectivity index (χ3n) is 3.30. The lowest BCUT2D eigenvalue weighted by atomic mass is 10.1. The quantitative estimate of drug-likeness (QED) is 0.859. The molecule has 0 radical (unpaired) electrons. The summed E-state index contributed by atoms with van der Waals surface area (Å²) >= 11 is 5.75. The molecule has 106 valence electrons. The molecule has 0 atom stereocenters. The van der Waals surface area contributed by atoms with Crippen LogP contribution in [0.15, 0.2) is 6.07 Å². The maximum atomic E-state index is 14.0. The predicted octanol–water partition coefficient (Wildman–Crippen LogP) is 2.07. The zero-order valence-electron chi connectivity index (χ0n) is 10.8. The minimum Gasteiger partial charge on any atom is -0.491 e. The van der Waals surface area contributed by atoms with Crippen LogP contribution in [0.1, 0.15) is 5.56 Å². The van der Waals surface area contributed by atoms with Gasteiger partial charge in [-0.3, -0.25) is 0 Å². The van der Waals surface area contributed by atoms with Crippen molar-refractivity contribution in [2.75, 3.05) is 39.8 Å². The van der Waals surface area contributed by atoms with Gasteiger partial charge >= 0.3 is 0 Å². The van der Waals surface area contributed by atoms with E-state index in [0.717, 1.165) is 32.7 Å². The van der Waals surface area contributed by atoms with Crippen LogP contribution in [0, 0.1) is 11.6 Å². The minimum atomic E-state index is -0.840. The van der Waals surface area contributed by atoms with E-state index in [0.29, 0.717) is 12.0 Å². The summed E-state index contributed by atoms with van der Waals surface area (Å²) in [4.78, 5) is 2.24. The number of methoxy groups -OCH3 is 1. The highest BCUT2D eigenvalue weighted by atomic mass is 35.5. The lowest BCUT2D eigenvalue weighted by molar-refractivity contribution is 0.242. The third kappa shape index (κ3) is 3.35. The van der Waals surface area contributed by atoms with Crippen molar-refractivity contribution in [1.82, 2.24) is 10.2 Å². The molecular weight excluding hydrogens is 274 g/mol. The van der Waals surface area contributed by atoms with Gasteiger partial charge in [-0.05, 0) is 18.1 Å². The molecule has 0 saturated carbocycles. The summed E-state index contributed by atoms with van der Waals surface area (Å²) in [5.74, 6) is -1.89. The highest BCUT2D eigenvalue weighted by molar-refractivity contribution is 6.31. The number of piperazine rings is 1. The summed E-state index contributed by atoms with van der Waals surface area (Å²) in [6.07, 6.45) is 0.488. The van der Waals surface area contributed by atoms with Crippen molar-refractivity contribution < 1.29 is 13.5 Å². The Balaban J connectivity index is 2.09. The molecule has 1 heterocycles. The van der Waals surface area contributed by atoms with Crippen LogP contribution in [-0.4, -0.2) is 44.7 Å². The summed E-state index contributed by atoms with van der Waals surface area (Å²) in [5, 5.41) is 3.15. The summed E-state index contributed by atoms with van der Waals surface area (Å²) in [6, 6.07) is 1.34. The highest BCUT2D eigenvalue weighted by Crippen LogP contribution is 2.30. The van der Waals surface area contributed by atoms with E-state index in [1.54, 1.807) is 0 Å². The van der Waals surface area contributed by atoms with E-state index in [1.807, 2.05) is 0 Å². The second-order valence-electron chi connectivity index (χ2n) is 4.52. The fourth-order valence-electron chi connectivity index (χ4n) is 2.20. The second kappa shape index (κ2) is 6.50. The Kier molecular flexibility index (Phi) is 4.96. The molecule has 1 aromatic rings. The average Bonchev–Trinajstić information content (AvgIpc) is 2.43. The molecule has 3 nitrogen and oxygen atoms in total. The van der Waals surface area contributed by atoms with Crippen LogP contribution in [0.3, 0.4) is 0 Å². The number of ether oxygens (including phenoxy) is 1. The van der Waals surface area contributed by atoms with Gasteiger partial charge in [-0.1, -0.05) is 11.6 Å². The van der Waals surface area contributed by atoms with Crippen LogP contribution in [0.5, 0.6) is 5.75 Å². The maximum Gasteiger partial charge on any atom is 0.192 e. The number of nitrogens with one attached hydrogen (secondary N) is 1. The Morgan fingerprint density at radius 2 is 2.00 bits per heavy atom. The number of nitrogens with zero attached hydrogens (tertiary/aromatic N) is 1. The molecule has 0 unspecified atom stereocenters. The monoisotopic (exact) mass is 290 g/mol. The number of benzene rings is 1. The highest BCUT2D eigenvalue weighted by Gasteiger charge is 2.19. The van der Waals surface area contributed by atoms with E-state index in [2.05, 4.69) is 10.2 Å². The van der Waals surface area contributed by atoms with Gasteiger partial charge in [0.05, 0.1) is 12.1 Å². The van der Waals surface area contributed by atoms with Crippen LogP contribution >= 0.6 is 11.6 Å². The van der Waals surface area contributed by atoms with E-state index in [9.17, 15) is 8.78 Å². The molecular formula is C13H17ClF2N2O. The van der Waals surface area contributed by atoms with E-state index in [1.165, 1.54) is 13.2 Å². The lowest BCUT2D eigenvalue weighted by Crippen LogP contribution is -2.44. The normalized spacial score (nSPS) is 16.6. The van der Waals surface area contributed by atoms with Gasteiger partial charge < -0.3 is 15.0 Å². The first kappa shape index (κ1) is 14.5. The number of hydrogen-bond donors (Lipinski definition) is 1. The number of hydrogen-bond acceptors (Lipinski definition) is 3. The van der Waals surface area contributed by atoms with Crippen LogP contribution in [0.25, 0.3) is 0 Å². The summed E-state index contributed by atoms with van der Waals surface area (Å²) in [5.41, 5.74) is 0.391. The Hall–Kier alpha value is -0.910. The molecule has 0 spiro atoms. The smallest absolute Gasteiger partial charge is 0.192 e. The van der Waals surface area contributed by atoms with Crippen LogP contribution in [0.4, 0.5) is 8.78 Å². The lowest BCUT2D eigenvalue weighted by Gasteiger charge is -2.27. The molecule has 1 saturated heterocycles. The third-order valence-corrected chi connectivity index (χ3v) is 3.58. The number of halogens is 3. The Morgan fingerprint density at radius 3 is 2.63 bits per heavy atom. The van der Waals surface area contributed by atoms with E-state index < -0.39 is 17.4 Å². The molecule has 0 aromatic heterocycles. The average molecular weight is 291 g/mol. The molecule has 1 N–H and O–H groups in total. The maximum absolute atomic E-state index is 14.0. The summed E-state index contributed by atoms with van der Waals surface area (Å²) in [6.45, 7) is 4.48. The second-order valence-corrected chi connectivity index (χ2v) is 4.93. The Labute approximate surface area is 116 Å². The largest absolute Gasteiger partial charge is 0.491 e. The standard InChI is InChI=1S/C13H17ClF2N2O/c1-19-13-11(15)9(8-10(14)12(13)16)2-5-18-6-3-17-4-7-18/h8,17H,2-7H2,1H3. The Morgan fingerprint density at radius 1 is 1.32 bits per heavy atom. The van der Waals surface area contributed by atoms with E-state index >= 15 is 0 Å².